The molecule has 1 rings (SSSR count). The first-order chi connectivity index (χ1) is 5.25. The summed E-state index contributed by atoms with van der Waals surface area (Å²) in [5.41, 5.74) is 0.0162. The molecule has 0 aliphatic rings. The Kier molecular flexibility index (Phi) is 2.00. The number of carboxylic acid groups (broad SMARTS) is 1. The first-order valence-electron chi connectivity index (χ1n) is 2.84. The fraction of sp³-hybridized carbons (Fsp3) is 0.167. The number of aromatic carboxylic acids is 1. The Morgan fingerprint density at radius 2 is 2.45 bits per heavy atom. The molecule has 0 saturated carbocycles. The van der Waals surface area contributed by atoms with Crippen molar-refractivity contribution < 1.29 is 14.6 Å². The highest BCUT2D eigenvalue weighted by atomic mass is 16.5. The van der Waals surface area contributed by atoms with Gasteiger partial charge in [0.25, 0.3) is 0 Å². The number of carboxylic acids is 1. The minimum atomic E-state index is -1.07. The van der Waals surface area contributed by atoms with Gasteiger partial charge >= 0.3 is 5.97 Å². The second-order valence-corrected chi connectivity index (χ2v) is 1.76. The van der Waals surface area contributed by atoms with Gasteiger partial charge in [0.2, 0.25) is 5.88 Å². The molecule has 5 nitrogen and oxygen atoms in total. The predicted octanol–water partition coefficient (Wildman–Crippen LogP) is 0.183. The summed E-state index contributed by atoms with van der Waals surface area (Å²) in [6.07, 6.45) is 1.30. The van der Waals surface area contributed by atoms with Crippen molar-refractivity contribution in [3.05, 3.63) is 17.8 Å². The van der Waals surface area contributed by atoms with Crippen LogP contribution in [0.25, 0.3) is 0 Å². The van der Waals surface area contributed by atoms with Crippen LogP contribution in [0.2, 0.25) is 0 Å². The molecule has 0 fully saturated rings. The molecule has 11 heavy (non-hydrogen) atoms. The number of nitrogens with zero attached hydrogens (tertiary/aromatic N) is 2. The molecule has 1 heterocycles. The monoisotopic (exact) mass is 154 g/mol. The Morgan fingerprint density at radius 1 is 1.73 bits per heavy atom. The lowest BCUT2D eigenvalue weighted by atomic mass is 10.3. The van der Waals surface area contributed by atoms with Gasteiger partial charge in [0.05, 0.1) is 13.3 Å². The molecule has 0 amide bonds. The molecule has 0 spiro atoms. The number of methoxy groups -OCH3 is 1. The van der Waals surface area contributed by atoms with Gasteiger partial charge in [-0.15, -0.1) is 5.10 Å². The van der Waals surface area contributed by atoms with Crippen molar-refractivity contribution in [1.82, 2.24) is 10.2 Å². The van der Waals surface area contributed by atoms with Gasteiger partial charge in [0.1, 0.15) is 5.56 Å². The lowest BCUT2D eigenvalue weighted by Gasteiger charge is -1.99. The van der Waals surface area contributed by atoms with Gasteiger partial charge in [-0.25, -0.2) is 4.79 Å². The van der Waals surface area contributed by atoms with Gasteiger partial charge in [-0.2, -0.15) is 5.10 Å². The zero-order valence-electron chi connectivity index (χ0n) is 5.81. The van der Waals surface area contributed by atoms with Crippen LogP contribution < -0.4 is 4.74 Å². The molecule has 0 bridgehead atoms. The number of aromatic nitrogens is 2. The average molecular weight is 154 g/mol. The first kappa shape index (κ1) is 7.46. The summed E-state index contributed by atoms with van der Waals surface area (Å²) >= 11 is 0. The molecule has 1 N–H and O–H groups in total. The van der Waals surface area contributed by atoms with E-state index in [-0.39, 0.29) is 11.4 Å². The van der Waals surface area contributed by atoms with E-state index in [1.807, 2.05) is 0 Å². The Labute approximate surface area is 62.6 Å². The summed E-state index contributed by atoms with van der Waals surface area (Å²) in [6.45, 7) is 0. The highest BCUT2D eigenvalue weighted by Crippen LogP contribution is 2.10. The molecule has 0 aromatic carbocycles. The van der Waals surface area contributed by atoms with E-state index in [1.54, 1.807) is 0 Å². The van der Waals surface area contributed by atoms with Gasteiger partial charge in [-0.05, 0) is 6.07 Å². The summed E-state index contributed by atoms with van der Waals surface area (Å²) in [4.78, 5) is 10.4. The summed E-state index contributed by atoms with van der Waals surface area (Å²) in [6, 6.07) is 1.33. The zero-order valence-corrected chi connectivity index (χ0v) is 5.81. The number of carbonyl (C=O) groups is 1. The van der Waals surface area contributed by atoms with Gasteiger partial charge in [-0.3, -0.25) is 0 Å². The minimum Gasteiger partial charge on any atom is -0.479 e. The fourth-order valence-electron chi connectivity index (χ4n) is 0.632. The van der Waals surface area contributed by atoms with E-state index in [0.29, 0.717) is 0 Å². The zero-order chi connectivity index (χ0) is 8.27. The fourth-order valence-corrected chi connectivity index (χ4v) is 0.632. The normalized spacial score (nSPS) is 9.18. The molecule has 5 heteroatoms. The van der Waals surface area contributed by atoms with Crippen LogP contribution in [0.1, 0.15) is 10.4 Å². The van der Waals surface area contributed by atoms with Gasteiger partial charge in [-0.1, -0.05) is 0 Å². The van der Waals surface area contributed by atoms with Crippen LogP contribution >= 0.6 is 0 Å². The van der Waals surface area contributed by atoms with Crippen molar-refractivity contribution in [2.45, 2.75) is 0 Å². The predicted molar refractivity (Wildman–Crippen MR) is 35.5 cm³/mol. The maximum atomic E-state index is 10.4. The summed E-state index contributed by atoms with van der Waals surface area (Å²) < 4.78 is 4.65. The van der Waals surface area contributed by atoms with E-state index in [9.17, 15) is 4.79 Å². The van der Waals surface area contributed by atoms with Crippen molar-refractivity contribution >= 4 is 5.97 Å². The molecule has 0 saturated heterocycles. The van der Waals surface area contributed by atoms with Crippen molar-refractivity contribution in [1.29, 1.82) is 0 Å². The Morgan fingerprint density at radius 3 is 2.91 bits per heavy atom. The van der Waals surface area contributed by atoms with E-state index in [0.717, 1.165) is 0 Å². The second-order valence-electron chi connectivity index (χ2n) is 1.76. The largest absolute Gasteiger partial charge is 0.479 e. The third-order valence-corrected chi connectivity index (χ3v) is 1.11. The molecule has 0 unspecified atom stereocenters. The highest BCUT2D eigenvalue weighted by Gasteiger charge is 2.10. The van der Waals surface area contributed by atoms with E-state index in [2.05, 4.69) is 14.9 Å². The van der Waals surface area contributed by atoms with E-state index >= 15 is 0 Å². The second kappa shape index (κ2) is 2.96. The number of hydrogen-bond acceptors (Lipinski definition) is 4. The lowest BCUT2D eigenvalue weighted by Crippen LogP contribution is -2.02. The van der Waals surface area contributed by atoms with Crippen LogP contribution in [0.15, 0.2) is 12.3 Å². The Balaban J connectivity index is 3.12. The summed E-state index contributed by atoms with van der Waals surface area (Å²) in [5.74, 6) is -1.04. The van der Waals surface area contributed by atoms with E-state index in [1.165, 1.54) is 19.4 Å². The van der Waals surface area contributed by atoms with E-state index in [4.69, 9.17) is 5.11 Å². The van der Waals surface area contributed by atoms with Crippen LogP contribution in [-0.2, 0) is 0 Å². The third-order valence-electron chi connectivity index (χ3n) is 1.11. The molecule has 1 aromatic heterocycles. The number of ether oxygens (including phenoxy) is 1. The van der Waals surface area contributed by atoms with Crippen molar-refractivity contribution in [2.24, 2.45) is 0 Å². The molecular formula is C6H6N2O3. The smallest absolute Gasteiger partial charge is 0.341 e. The van der Waals surface area contributed by atoms with Crippen LogP contribution in [0, 0.1) is 0 Å². The maximum Gasteiger partial charge on any atom is 0.341 e. The summed E-state index contributed by atoms with van der Waals surface area (Å²) in [5, 5.41) is 15.5. The molecular weight excluding hydrogens is 148 g/mol. The van der Waals surface area contributed by atoms with Gasteiger partial charge in [0.15, 0.2) is 0 Å². The minimum absolute atomic E-state index is 0.0162. The third kappa shape index (κ3) is 1.43. The van der Waals surface area contributed by atoms with Crippen LogP contribution in [0.4, 0.5) is 0 Å². The van der Waals surface area contributed by atoms with Crippen LogP contribution in [0.3, 0.4) is 0 Å². The first-order valence-corrected chi connectivity index (χ1v) is 2.84. The van der Waals surface area contributed by atoms with Gasteiger partial charge in [0, 0.05) is 0 Å². The molecule has 0 aliphatic carbocycles. The van der Waals surface area contributed by atoms with Crippen LogP contribution in [-0.4, -0.2) is 28.4 Å². The molecule has 58 valence electrons. The molecule has 0 aliphatic heterocycles. The van der Waals surface area contributed by atoms with Crippen molar-refractivity contribution in [3.8, 4) is 5.88 Å². The quantitative estimate of drug-likeness (QED) is 0.657. The average Bonchev–Trinajstić information content (AvgIpc) is 2.04. The van der Waals surface area contributed by atoms with Crippen LogP contribution in [0.5, 0.6) is 5.88 Å². The standard InChI is InChI=1S/C6H6N2O3/c1-11-5-4(6(9)10)2-3-7-8-5/h2-3H,1H3,(H,9,10). The summed E-state index contributed by atoms with van der Waals surface area (Å²) in [7, 11) is 1.34. The van der Waals surface area contributed by atoms with Gasteiger partial charge < -0.3 is 9.84 Å². The molecule has 0 atom stereocenters. The number of rotatable bonds is 2. The van der Waals surface area contributed by atoms with E-state index < -0.39 is 5.97 Å². The molecule has 1 aromatic rings. The number of hydrogen-bond donors (Lipinski definition) is 1. The van der Waals surface area contributed by atoms with Crippen molar-refractivity contribution in [2.75, 3.05) is 7.11 Å². The Hall–Kier alpha value is -1.65. The Bertz CT molecular complexity index is 274. The highest BCUT2D eigenvalue weighted by molar-refractivity contribution is 5.89. The molecule has 0 radical (unpaired) electrons. The van der Waals surface area contributed by atoms with Crippen molar-refractivity contribution in [3.63, 3.8) is 0 Å². The topological polar surface area (TPSA) is 72.3 Å². The lowest BCUT2D eigenvalue weighted by molar-refractivity contribution is 0.0692. The maximum absolute atomic E-state index is 10.4. The SMILES string of the molecule is COc1nnccc1C(=O)O.